The number of aliphatic hydroxyl groups is 1. The molecular formula is C24H15F4NO3. The van der Waals surface area contributed by atoms with E-state index in [1.165, 1.54) is 30.3 Å². The number of hydrogen-bond acceptors (Lipinski definition) is 3. The SMILES string of the molecule is O=C1C(=O)N(c2cccc(C(F)(F)F)c2)[C@@H](c2ccc(F)cc2)/C1=C(\O)c1ccccc1. The number of alkyl halides is 3. The molecule has 0 bridgehead atoms. The molecular weight excluding hydrogens is 426 g/mol. The molecule has 0 radical (unpaired) electrons. The van der Waals surface area contributed by atoms with Gasteiger partial charge in [-0.1, -0.05) is 48.5 Å². The Labute approximate surface area is 180 Å². The van der Waals surface area contributed by atoms with E-state index in [0.717, 1.165) is 35.2 Å². The van der Waals surface area contributed by atoms with Crippen molar-refractivity contribution in [3.8, 4) is 0 Å². The van der Waals surface area contributed by atoms with Gasteiger partial charge in [-0.3, -0.25) is 14.5 Å². The predicted octanol–water partition coefficient (Wildman–Crippen LogP) is 5.47. The number of benzene rings is 3. The van der Waals surface area contributed by atoms with Gasteiger partial charge in [0.25, 0.3) is 11.7 Å². The zero-order valence-corrected chi connectivity index (χ0v) is 16.3. The van der Waals surface area contributed by atoms with Crippen LogP contribution >= 0.6 is 0 Å². The Balaban J connectivity index is 1.94. The number of nitrogens with zero attached hydrogens (tertiary/aromatic N) is 1. The Kier molecular flexibility index (Phi) is 5.30. The van der Waals surface area contributed by atoms with Crippen LogP contribution < -0.4 is 4.90 Å². The molecule has 0 saturated carbocycles. The fourth-order valence-electron chi connectivity index (χ4n) is 3.64. The van der Waals surface area contributed by atoms with E-state index in [2.05, 4.69) is 0 Å². The minimum absolute atomic E-state index is 0.177. The number of Topliss-reactive ketones (excluding diaryl/α,β-unsaturated/α-hetero) is 1. The Bertz CT molecular complexity index is 1220. The lowest BCUT2D eigenvalue weighted by atomic mass is 9.95. The molecule has 32 heavy (non-hydrogen) atoms. The average Bonchev–Trinajstić information content (AvgIpc) is 3.04. The highest BCUT2D eigenvalue weighted by Crippen LogP contribution is 2.43. The zero-order chi connectivity index (χ0) is 23.0. The van der Waals surface area contributed by atoms with Crippen LogP contribution in [0.2, 0.25) is 0 Å². The van der Waals surface area contributed by atoms with Crippen molar-refractivity contribution >= 4 is 23.1 Å². The van der Waals surface area contributed by atoms with Crippen LogP contribution in [0.4, 0.5) is 23.2 Å². The summed E-state index contributed by atoms with van der Waals surface area (Å²) in [4.78, 5) is 26.8. The lowest BCUT2D eigenvalue weighted by molar-refractivity contribution is -0.137. The summed E-state index contributed by atoms with van der Waals surface area (Å²) in [6.45, 7) is 0. The number of amides is 1. The number of anilines is 1. The van der Waals surface area contributed by atoms with Gasteiger partial charge >= 0.3 is 6.18 Å². The van der Waals surface area contributed by atoms with Crippen molar-refractivity contribution in [2.75, 3.05) is 4.90 Å². The van der Waals surface area contributed by atoms with Crippen LogP contribution in [-0.2, 0) is 15.8 Å². The smallest absolute Gasteiger partial charge is 0.416 e. The van der Waals surface area contributed by atoms with E-state index in [4.69, 9.17) is 0 Å². The number of hydrogen-bond donors (Lipinski definition) is 1. The Hall–Kier alpha value is -3.94. The van der Waals surface area contributed by atoms with Gasteiger partial charge in [-0.2, -0.15) is 13.2 Å². The van der Waals surface area contributed by atoms with Gasteiger partial charge in [0.1, 0.15) is 11.6 Å². The molecule has 8 heteroatoms. The van der Waals surface area contributed by atoms with Crippen LogP contribution in [0.15, 0.2) is 84.4 Å². The summed E-state index contributed by atoms with van der Waals surface area (Å²) in [6.07, 6.45) is -4.67. The topological polar surface area (TPSA) is 57.6 Å². The summed E-state index contributed by atoms with van der Waals surface area (Å²) < 4.78 is 53.3. The Morgan fingerprint density at radius 3 is 2.16 bits per heavy atom. The summed E-state index contributed by atoms with van der Waals surface area (Å²) in [7, 11) is 0. The minimum atomic E-state index is -4.67. The van der Waals surface area contributed by atoms with E-state index in [-0.39, 0.29) is 22.4 Å². The molecule has 4 nitrogen and oxygen atoms in total. The molecule has 0 spiro atoms. The number of ketones is 1. The largest absolute Gasteiger partial charge is 0.507 e. The van der Waals surface area contributed by atoms with Gasteiger partial charge in [0.2, 0.25) is 0 Å². The Morgan fingerprint density at radius 1 is 0.875 bits per heavy atom. The lowest BCUT2D eigenvalue weighted by Crippen LogP contribution is -2.29. The summed E-state index contributed by atoms with van der Waals surface area (Å²) in [6, 6.07) is 15.5. The van der Waals surface area contributed by atoms with Crippen LogP contribution in [-0.4, -0.2) is 16.8 Å². The summed E-state index contributed by atoms with van der Waals surface area (Å²) in [5, 5.41) is 10.9. The Morgan fingerprint density at radius 2 is 1.53 bits per heavy atom. The first-order valence-electron chi connectivity index (χ1n) is 9.47. The van der Waals surface area contributed by atoms with Gasteiger partial charge in [-0.15, -0.1) is 0 Å². The molecule has 1 aliphatic rings. The molecule has 0 aliphatic carbocycles. The number of rotatable bonds is 3. The van der Waals surface area contributed by atoms with Crippen LogP contribution in [0.25, 0.3) is 5.76 Å². The molecule has 1 amide bonds. The third-order valence-electron chi connectivity index (χ3n) is 5.13. The lowest BCUT2D eigenvalue weighted by Gasteiger charge is -2.26. The highest BCUT2D eigenvalue weighted by molar-refractivity contribution is 6.51. The number of carbonyl (C=O) groups excluding carboxylic acids is 2. The minimum Gasteiger partial charge on any atom is -0.507 e. The van der Waals surface area contributed by atoms with Crippen LogP contribution in [0.3, 0.4) is 0 Å². The maximum atomic E-state index is 13.5. The first kappa shape index (κ1) is 21.3. The van der Waals surface area contributed by atoms with Gasteiger partial charge in [-0.05, 0) is 35.9 Å². The molecule has 1 fully saturated rings. The fourth-order valence-corrected chi connectivity index (χ4v) is 3.64. The van der Waals surface area contributed by atoms with E-state index in [1.807, 2.05) is 0 Å². The third kappa shape index (κ3) is 3.75. The summed E-state index contributed by atoms with van der Waals surface area (Å²) in [5.74, 6) is -3.21. The van der Waals surface area contributed by atoms with E-state index in [0.29, 0.717) is 0 Å². The van der Waals surface area contributed by atoms with Gasteiger partial charge in [0.15, 0.2) is 0 Å². The third-order valence-corrected chi connectivity index (χ3v) is 5.13. The number of halogens is 4. The van der Waals surface area contributed by atoms with Crippen LogP contribution in [0.1, 0.15) is 22.7 Å². The number of carbonyl (C=O) groups is 2. The van der Waals surface area contributed by atoms with Gasteiger partial charge in [-0.25, -0.2) is 4.39 Å². The molecule has 1 N–H and O–H groups in total. The van der Waals surface area contributed by atoms with Crippen molar-refractivity contribution in [3.63, 3.8) is 0 Å². The molecule has 0 aromatic heterocycles. The molecule has 1 saturated heterocycles. The second-order valence-electron chi connectivity index (χ2n) is 7.13. The summed E-state index contributed by atoms with van der Waals surface area (Å²) >= 11 is 0. The van der Waals surface area contributed by atoms with Gasteiger partial charge in [0, 0.05) is 11.3 Å². The van der Waals surface area contributed by atoms with Crippen molar-refractivity contribution in [1.82, 2.24) is 0 Å². The normalized spacial score (nSPS) is 18.2. The van der Waals surface area contributed by atoms with E-state index >= 15 is 0 Å². The van der Waals surface area contributed by atoms with Gasteiger partial charge < -0.3 is 5.11 Å². The van der Waals surface area contributed by atoms with Crippen molar-refractivity contribution in [1.29, 1.82) is 0 Å². The quantitative estimate of drug-likeness (QED) is 0.254. The van der Waals surface area contributed by atoms with E-state index < -0.39 is 41.0 Å². The standard InChI is InChI=1S/C24H15F4NO3/c25-17-11-9-14(10-12-17)20-19(21(30)15-5-2-1-3-6-15)22(31)23(32)29(20)18-8-4-7-16(13-18)24(26,27)28/h1-13,20,30H/b21-19+/t20-/m0/s1. The van der Waals surface area contributed by atoms with Crippen molar-refractivity contribution in [2.24, 2.45) is 0 Å². The second kappa shape index (κ2) is 7.96. The first-order valence-corrected chi connectivity index (χ1v) is 9.47. The maximum Gasteiger partial charge on any atom is 0.416 e. The molecule has 4 rings (SSSR count). The van der Waals surface area contributed by atoms with Crippen molar-refractivity contribution in [2.45, 2.75) is 12.2 Å². The summed E-state index contributed by atoms with van der Waals surface area (Å²) in [5.41, 5.74) is -0.978. The first-order chi connectivity index (χ1) is 15.2. The fraction of sp³-hybridized carbons (Fsp3) is 0.0833. The highest BCUT2D eigenvalue weighted by atomic mass is 19.4. The average molecular weight is 441 g/mol. The van der Waals surface area contributed by atoms with E-state index in [1.54, 1.807) is 18.2 Å². The second-order valence-corrected chi connectivity index (χ2v) is 7.13. The maximum absolute atomic E-state index is 13.5. The van der Waals surface area contributed by atoms with E-state index in [9.17, 15) is 32.3 Å². The molecule has 0 unspecified atom stereocenters. The molecule has 3 aromatic carbocycles. The predicted molar refractivity (Wildman–Crippen MR) is 109 cm³/mol. The molecule has 1 aliphatic heterocycles. The van der Waals surface area contributed by atoms with Gasteiger partial charge in [0.05, 0.1) is 17.2 Å². The zero-order valence-electron chi connectivity index (χ0n) is 16.3. The van der Waals surface area contributed by atoms with Crippen molar-refractivity contribution < 1.29 is 32.3 Å². The molecule has 1 heterocycles. The molecule has 1 atom stereocenters. The molecule has 162 valence electrons. The van der Waals surface area contributed by atoms with Crippen LogP contribution in [0.5, 0.6) is 0 Å². The van der Waals surface area contributed by atoms with Crippen molar-refractivity contribution in [3.05, 3.63) is 107 Å². The monoisotopic (exact) mass is 441 g/mol. The molecule has 3 aromatic rings. The highest BCUT2D eigenvalue weighted by Gasteiger charge is 2.47. The number of aliphatic hydroxyl groups excluding tert-OH is 1. The van der Waals surface area contributed by atoms with Crippen LogP contribution in [0, 0.1) is 5.82 Å².